The van der Waals surface area contributed by atoms with E-state index in [0.29, 0.717) is 5.56 Å². The number of nitrogens with one attached hydrogen (secondary N) is 1. The first kappa shape index (κ1) is 20.6. The van der Waals surface area contributed by atoms with Crippen LogP contribution in [0, 0.1) is 0 Å². The summed E-state index contributed by atoms with van der Waals surface area (Å²) in [7, 11) is -9.92. The van der Waals surface area contributed by atoms with E-state index in [4.69, 9.17) is 25.3 Å². The monoisotopic (exact) mass is 384 g/mol. The van der Waals surface area contributed by atoms with E-state index in [0.717, 1.165) is 12.1 Å². The zero-order valence-corrected chi connectivity index (χ0v) is 14.3. The number of phosphoric acid groups is 2. The van der Waals surface area contributed by atoms with Gasteiger partial charge in [-0.2, -0.15) is 0 Å². The highest BCUT2D eigenvalue weighted by atomic mass is 31.2. The number of amides is 1. The number of carbonyl (C=O) groups is 1. The molecule has 1 rings (SSSR count). The predicted molar refractivity (Wildman–Crippen MR) is 82.1 cm³/mol. The third-order valence-electron chi connectivity index (χ3n) is 2.57. The molecule has 0 unspecified atom stereocenters. The fraction of sp³-hybridized carbons (Fsp3) is 0.364. The molecule has 0 saturated carbocycles. The van der Waals surface area contributed by atoms with Crippen LogP contribution in [0.4, 0.5) is 0 Å². The maximum absolute atomic E-state index is 11.3. The second-order valence-corrected chi connectivity index (χ2v) is 7.10. The smallest absolute Gasteiger partial charge is 0.400 e. The molecule has 1 atom stereocenters. The highest BCUT2D eigenvalue weighted by Crippen LogP contribution is 2.47. The second kappa shape index (κ2) is 8.09. The summed E-state index contributed by atoms with van der Waals surface area (Å²) in [5, 5.41) is 2.54. The van der Waals surface area contributed by atoms with Crippen molar-refractivity contribution < 1.29 is 42.5 Å². The lowest BCUT2D eigenvalue weighted by atomic mass is 10.1. The summed E-state index contributed by atoms with van der Waals surface area (Å²) < 4.78 is 30.5. The van der Waals surface area contributed by atoms with Crippen LogP contribution in [0.5, 0.6) is 11.5 Å². The summed E-state index contributed by atoms with van der Waals surface area (Å²) in [6.07, 6.45) is 0.256. The molecule has 1 aromatic rings. The van der Waals surface area contributed by atoms with Gasteiger partial charge >= 0.3 is 15.6 Å². The Morgan fingerprint density at radius 1 is 1.17 bits per heavy atom. The molecule has 0 spiro atoms. The summed E-state index contributed by atoms with van der Waals surface area (Å²) in [6, 6.07) is 2.95. The molecule has 1 amide bonds. The average molecular weight is 384 g/mol. The van der Waals surface area contributed by atoms with Crippen LogP contribution in [0.1, 0.15) is 12.5 Å². The lowest BCUT2D eigenvalue weighted by molar-refractivity contribution is -0.121. The van der Waals surface area contributed by atoms with Gasteiger partial charge in [-0.1, -0.05) is 6.07 Å². The van der Waals surface area contributed by atoms with Gasteiger partial charge in [0.05, 0.1) is 6.04 Å². The molecule has 0 bridgehead atoms. The Morgan fingerprint density at radius 3 is 2.21 bits per heavy atom. The van der Waals surface area contributed by atoms with E-state index < -0.39 is 33.2 Å². The first-order valence-electron chi connectivity index (χ1n) is 6.54. The van der Waals surface area contributed by atoms with Gasteiger partial charge in [0.25, 0.3) is 0 Å². The first-order chi connectivity index (χ1) is 10.9. The van der Waals surface area contributed by atoms with E-state index in [-0.39, 0.29) is 18.9 Å². The molecule has 0 aromatic heterocycles. The lowest BCUT2D eigenvalue weighted by Gasteiger charge is -2.15. The number of benzene rings is 1. The van der Waals surface area contributed by atoms with Crippen molar-refractivity contribution in [1.29, 1.82) is 0 Å². The molecular weight excluding hydrogens is 366 g/mol. The van der Waals surface area contributed by atoms with E-state index in [1.807, 2.05) is 0 Å². The highest BCUT2D eigenvalue weighted by Gasteiger charge is 2.24. The average Bonchev–Trinajstić information content (AvgIpc) is 2.38. The molecule has 0 radical (unpaired) electrons. The quantitative estimate of drug-likeness (QED) is 0.323. The SMILES string of the molecule is C[C@H](N)C(=O)NCCc1ccc(OP(=O)(O)O)c(OP(=O)(O)O)c1. The van der Waals surface area contributed by atoms with Gasteiger partial charge in [-0.05, 0) is 31.0 Å². The van der Waals surface area contributed by atoms with Crippen molar-refractivity contribution in [3.63, 3.8) is 0 Å². The van der Waals surface area contributed by atoms with Crippen LogP contribution in [-0.2, 0) is 20.3 Å². The molecule has 0 heterocycles. The number of hydrogen-bond acceptors (Lipinski definition) is 6. The molecule has 7 N–H and O–H groups in total. The van der Waals surface area contributed by atoms with Crippen molar-refractivity contribution in [2.45, 2.75) is 19.4 Å². The lowest BCUT2D eigenvalue weighted by Crippen LogP contribution is -2.39. The zero-order chi connectivity index (χ0) is 18.5. The largest absolute Gasteiger partial charge is 0.524 e. The van der Waals surface area contributed by atoms with Gasteiger partial charge in [-0.25, -0.2) is 9.13 Å². The minimum absolute atomic E-state index is 0.189. The number of rotatable bonds is 8. The first-order valence-corrected chi connectivity index (χ1v) is 9.60. The van der Waals surface area contributed by atoms with Crippen molar-refractivity contribution in [3.05, 3.63) is 23.8 Å². The molecule has 0 aliphatic rings. The summed E-state index contributed by atoms with van der Waals surface area (Å²) in [6.45, 7) is 1.70. The predicted octanol–water partition coefficient (Wildman–Crippen LogP) is -0.365. The number of carbonyl (C=O) groups excluding carboxylic acids is 1. The Balaban J connectivity index is 2.92. The highest BCUT2D eigenvalue weighted by molar-refractivity contribution is 7.47. The Bertz CT molecular complexity index is 682. The topological polar surface area (TPSA) is 189 Å². The van der Waals surface area contributed by atoms with Gasteiger partial charge in [0.1, 0.15) is 0 Å². The fourth-order valence-corrected chi connectivity index (χ4v) is 2.41. The van der Waals surface area contributed by atoms with Gasteiger partial charge in [-0.15, -0.1) is 0 Å². The minimum Gasteiger partial charge on any atom is -0.400 e. The van der Waals surface area contributed by atoms with Crippen molar-refractivity contribution >= 4 is 21.6 Å². The number of nitrogens with two attached hydrogens (primary N) is 1. The van der Waals surface area contributed by atoms with Crippen molar-refractivity contribution in [2.24, 2.45) is 5.73 Å². The third kappa shape index (κ3) is 7.89. The molecule has 136 valence electrons. The normalized spacial score (nSPS) is 13.2. The Morgan fingerprint density at radius 2 is 1.71 bits per heavy atom. The zero-order valence-electron chi connectivity index (χ0n) is 12.5. The van der Waals surface area contributed by atoms with Gasteiger partial charge in [0.15, 0.2) is 11.5 Å². The van der Waals surface area contributed by atoms with Crippen LogP contribution in [0.2, 0.25) is 0 Å². The Labute approximate surface area is 137 Å². The summed E-state index contributed by atoms with van der Waals surface area (Å²) >= 11 is 0. The maximum Gasteiger partial charge on any atom is 0.524 e. The molecule has 1 aromatic carbocycles. The summed E-state index contributed by atoms with van der Waals surface area (Å²) in [5.41, 5.74) is 5.85. The van der Waals surface area contributed by atoms with E-state index in [1.54, 1.807) is 0 Å². The fourth-order valence-electron chi connectivity index (χ4n) is 1.60. The molecule has 24 heavy (non-hydrogen) atoms. The van der Waals surface area contributed by atoms with Gasteiger partial charge in [0, 0.05) is 6.54 Å². The number of phosphoric ester groups is 2. The van der Waals surface area contributed by atoms with E-state index >= 15 is 0 Å². The van der Waals surface area contributed by atoms with Gasteiger partial charge in [-0.3, -0.25) is 24.4 Å². The van der Waals surface area contributed by atoms with Crippen molar-refractivity contribution in [1.82, 2.24) is 5.32 Å². The van der Waals surface area contributed by atoms with Gasteiger partial charge in [0.2, 0.25) is 5.91 Å². The molecule has 0 aliphatic heterocycles. The summed E-state index contributed by atoms with van der Waals surface area (Å²) in [5.74, 6) is -1.44. The molecule has 13 heteroatoms. The van der Waals surface area contributed by atoms with Gasteiger partial charge < -0.3 is 20.1 Å². The van der Waals surface area contributed by atoms with Crippen LogP contribution in [-0.4, -0.2) is 38.1 Å². The Kier molecular flexibility index (Phi) is 6.94. The third-order valence-corrected chi connectivity index (χ3v) is 3.44. The van der Waals surface area contributed by atoms with Crippen LogP contribution in [0.25, 0.3) is 0 Å². The minimum atomic E-state index is -4.97. The number of hydrogen-bond donors (Lipinski definition) is 6. The van der Waals surface area contributed by atoms with Crippen LogP contribution >= 0.6 is 15.6 Å². The van der Waals surface area contributed by atoms with E-state index in [2.05, 4.69) is 14.4 Å². The van der Waals surface area contributed by atoms with Crippen LogP contribution in [0.3, 0.4) is 0 Å². The molecule has 0 fully saturated rings. The van der Waals surface area contributed by atoms with Crippen LogP contribution < -0.4 is 20.1 Å². The summed E-state index contributed by atoms with van der Waals surface area (Å²) in [4.78, 5) is 46.6. The maximum atomic E-state index is 11.3. The van der Waals surface area contributed by atoms with Crippen molar-refractivity contribution in [2.75, 3.05) is 6.54 Å². The van der Waals surface area contributed by atoms with Crippen LogP contribution in [0.15, 0.2) is 18.2 Å². The Hall–Kier alpha value is -1.45. The standard InChI is InChI=1S/C11H18N2O9P2/c1-7(12)11(14)13-5-4-8-2-3-9(21-23(15,16)17)10(6-8)22-24(18,19)20/h2-3,6-7H,4-5,12H2,1H3,(H,13,14)(H2,15,16,17)(H2,18,19,20)/t7-/m0/s1. The molecule has 0 aliphatic carbocycles. The second-order valence-electron chi connectivity index (χ2n) is 4.77. The van der Waals surface area contributed by atoms with E-state index in [1.165, 1.54) is 13.0 Å². The van der Waals surface area contributed by atoms with E-state index in [9.17, 15) is 13.9 Å². The molecule has 11 nitrogen and oxygen atoms in total. The molecule has 0 saturated heterocycles. The molecular formula is C11H18N2O9P2. The van der Waals surface area contributed by atoms with Crippen molar-refractivity contribution in [3.8, 4) is 11.5 Å².